The number of piperidine rings is 1. The molecule has 174 valence electrons. The minimum absolute atomic E-state index is 0.0700. The summed E-state index contributed by atoms with van der Waals surface area (Å²) in [6.45, 7) is 5.67. The molecule has 2 saturated heterocycles. The molecule has 2 amide bonds. The number of likely N-dealkylation sites (tertiary alicyclic amines) is 2. The number of benzene rings is 2. The lowest BCUT2D eigenvalue weighted by molar-refractivity contribution is 0.0506. The molecule has 3 aliphatic rings. The summed E-state index contributed by atoms with van der Waals surface area (Å²) in [6.07, 6.45) is 5.37. The van der Waals surface area contributed by atoms with Gasteiger partial charge in [0.05, 0.1) is 12.6 Å². The number of aryl methyl sites for hydroxylation is 1. The fourth-order valence-electron chi connectivity index (χ4n) is 5.48. The van der Waals surface area contributed by atoms with Gasteiger partial charge in [-0.2, -0.15) is 0 Å². The zero-order valence-electron chi connectivity index (χ0n) is 19.5. The lowest BCUT2D eigenvalue weighted by Crippen LogP contribution is -2.45. The van der Waals surface area contributed by atoms with E-state index >= 15 is 0 Å². The Labute approximate surface area is 196 Å². The lowest BCUT2D eigenvalue weighted by atomic mass is 9.76. The van der Waals surface area contributed by atoms with E-state index in [1.165, 1.54) is 12.8 Å². The van der Waals surface area contributed by atoms with Crippen LogP contribution in [0, 0.1) is 18.3 Å². The Morgan fingerprint density at radius 2 is 1.64 bits per heavy atom. The number of ether oxygens (including phenoxy) is 1. The highest BCUT2D eigenvalue weighted by molar-refractivity contribution is 5.96. The molecule has 2 aliphatic heterocycles. The smallest absolute Gasteiger partial charge is 0.254 e. The second-order valence-corrected chi connectivity index (χ2v) is 10.2. The number of hydrogen-bond donors (Lipinski definition) is 0. The Bertz CT molecular complexity index is 993. The minimum Gasteiger partial charge on any atom is -0.379 e. The van der Waals surface area contributed by atoms with Gasteiger partial charge in [0.15, 0.2) is 0 Å². The van der Waals surface area contributed by atoms with Crippen molar-refractivity contribution in [1.82, 2.24) is 9.80 Å². The van der Waals surface area contributed by atoms with Crippen molar-refractivity contribution in [3.63, 3.8) is 0 Å². The fraction of sp³-hybridized carbons (Fsp3) is 0.500. The third-order valence-electron chi connectivity index (χ3n) is 7.74. The van der Waals surface area contributed by atoms with E-state index in [2.05, 4.69) is 4.90 Å². The zero-order valence-corrected chi connectivity index (χ0v) is 19.5. The number of carbonyl (C=O) groups is 2. The summed E-state index contributed by atoms with van der Waals surface area (Å²) in [5.74, 6) is 0.947. The predicted molar refractivity (Wildman–Crippen MR) is 128 cm³/mol. The summed E-state index contributed by atoms with van der Waals surface area (Å²) in [7, 11) is 0. The first kappa shape index (κ1) is 22.1. The first-order chi connectivity index (χ1) is 16.0. The molecule has 3 fully saturated rings. The van der Waals surface area contributed by atoms with Crippen LogP contribution in [-0.4, -0.2) is 60.5 Å². The van der Waals surface area contributed by atoms with Crippen molar-refractivity contribution in [2.24, 2.45) is 11.3 Å². The summed E-state index contributed by atoms with van der Waals surface area (Å²) in [6, 6.07) is 17.5. The van der Waals surface area contributed by atoms with Gasteiger partial charge in [-0.25, -0.2) is 0 Å². The molecule has 2 aromatic rings. The molecular formula is C28H34N2O3. The van der Waals surface area contributed by atoms with Crippen molar-refractivity contribution in [3.8, 4) is 0 Å². The van der Waals surface area contributed by atoms with Crippen molar-refractivity contribution in [1.29, 1.82) is 0 Å². The SMILES string of the molecule is Cc1ccccc1C(=O)N1CCC2(CC1)C[C@H](COCC1CC1)N(C(=O)c1ccccc1)C2. The quantitative estimate of drug-likeness (QED) is 0.654. The van der Waals surface area contributed by atoms with Crippen LogP contribution in [0.15, 0.2) is 54.6 Å². The van der Waals surface area contributed by atoms with Crippen molar-refractivity contribution in [2.45, 2.75) is 45.1 Å². The predicted octanol–water partition coefficient (Wildman–Crippen LogP) is 4.56. The molecule has 5 nitrogen and oxygen atoms in total. The van der Waals surface area contributed by atoms with Gasteiger partial charge >= 0.3 is 0 Å². The minimum atomic E-state index is 0.0700. The average Bonchev–Trinajstić information content (AvgIpc) is 3.61. The van der Waals surface area contributed by atoms with Crippen molar-refractivity contribution < 1.29 is 14.3 Å². The second kappa shape index (κ2) is 9.30. The van der Waals surface area contributed by atoms with E-state index in [-0.39, 0.29) is 23.3 Å². The molecule has 0 N–H and O–H groups in total. The number of nitrogens with zero attached hydrogens (tertiary/aromatic N) is 2. The standard InChI is InChI=1S/C28H34N2O3/c1-21-7-5-6-10-25(21)27(32)29-15-13-28(14-16-29)17-24(19-33-18-22-11-12-22)30(20-28)26(31)23-8-3-2-4-9-23/h2-10,22,24H,11-20H2,1H3/t24-/m1/s1. The maximum absolute atomic E-state index is 13.4. The molecule has 0 unspecified atom stereocenters. The van der Waals surface area contributed by atoms with Crippen LogP contribution in [0.4, 0.5) is 0 Å². The van der Waals surface area contributed by atoms with Gasteiger partial charge in [0.1, 0.15) is 0 Å². The molecule has 33 heavy (non-hydrogen) atoms. The number of carbonyl (C=O) groups excluding carboxylic acids is 2. The molecule has 1 spiro atoms. The van der Waals surface area contributed by atoms with Crippen LogP contribution in [-0.2, 0) is 4.74 Å². The molecule has 5 heteroatoms. The normalized spacial score (nSPS) is 22.0. The molecule has 1 atom stereocenters. The van der Waals surface area contributed by atoms with Gasteiger partial charge in [-0.05, 0) is 74.1 Å². The maximum Gasteiger partial charge on any atom is 0.254 e. The average molecular weight is 447 g/mol. The van der Waals surface area contributed by atoms with Gasteiger partial charge in [0.25, 0.3) is 11.8 Å². The van der Waals surface area contributed by atoms with Crippen LogP contribution in [0.3, 0.4) is 0 Å². The highest BCUT2D eigenvalue weighted by Gasteiger charge is 2.48. The molecule has 2 aromatic carbocycles. The number of amides is 2. The van der Waals surface area contributed by atoms with Crippen LogP contribution in [0.1, 0.15) is 58.4 Å². The van der Waals surface area contributed by atoms with E-state index in [0.29, 0.717) is 12.5 Å². The Balaban J connectivity index is 1.27. The topological polar surface area (TPSA) is 49.9 Å². The van der Waals surface area contributed by atoms with Gasteiger partial charge in [0.2, 0.25) is 0 Å². The van der Waals surface area contributed by atoms with E-state index < -0.39 is 0 Å². The van der Waals surface area contributed by atoms with Crippen LogP contribution >= 0.6 is 0 Å². The van der Waals surface area contributed by atoms with Crippen molar-refractivity contribution in [3.05, 3.63) is 71.3 Å². The summed E-state index contributed by atoms with van der Waals surface area (Å²) in [5.41, 5.74) is 2.64. The Hall–Kier alpha value is -2.66. The Morgan fingerprint density at radius 3 is 2.33 bits per heavy atom. The van der Waals surface area contributed by atoms with Crippen LogP contribution in [0.2, 0.25) is 0 Å². The summed E-state index contributed by atoms with van der Waals surface area (Å²) < 4.78 is 6.06. The number of rotatable bonds is 6. The van der Waals surface area contributed by atoms with Crippen molar-refractivity contribution in [2.75, 3.05) is 32.8 Å². The van der Waals surface area contributed by atoms with Gasteiger partial charge in [-0.15, -0.1) is 0 Å². The summed E-state index contributed by atoms with van der Waals surface area (Å²) in [5, 5.41) is 0. The van der Waals surface area contributed by atoms with E-state index in [0.717, 1.165) is 62.2 Å². The Kier molecular flexibility index (Phi) is 6.24. The van der Waals surface area contributed by atoms with E-state index in [1.807, 2.05) is 66.4 Å². The number of hydrogen-bond acceptors (Lipinski definition) is 3. The second-order valence-electron chi connectivity index (χ2n) is 10.2. The Morgan fingerprint density at radius 1 is 0.939 bits per heavy atom. The molecule has 1 saturated carbocycles. The fourth-order valence-corrected chi connectivity index (χ4v) is 5.48. The summed E-state index contributed by atoms with van der Waals surface area (Å²) in [4.78, 5) is 30.5. The first-order valence-corrected chi connectivity index (χ1v) is 12.3. The van der Waals surface area contributed by atoms with E-state index in [4.69, 9.17) is 4.74 Å². The van der Waals surface area contributed by atoms with E-state index in [1.54, 1.807) is 0 Å². The molecule has 5 rings (SSSR count). The van der Waals surface area contributed by atoms with Crippen LogP contribution < -0.4 is 0 Å². The van der Waals surface area contributed by atoms with Crippen LogP contribution in [0.5, 0.6) is 0 Å². The maximum atomic E-state index is 13.4. The van der Waals surface area contributed by atoms with E-state index in [9.17, 15) is 9.59 Å². The van der Waals surface area contributed by atoms with Gasteiger partial charge in [-0.3, -0.25) is 9.59 Å². The van der Waals surface area contributed by atoms with Crippen molar-refractivity contribution >= 4 is 11.8 Å². The zero-order chi connectivity index (χ0) is 22.8. The monoisotopic (exact) mass is 446 g/mol. The largest absolute Gasteiger partial charge is 0.379 e. The molecule has 1 aliphatic carbocycles. The van der Waals surface area contributed by atoms with Crippen LogP contribution in [0.25, 0.3) is 0 Å². The third kappa shape index (κ3) is 4.84. The van der Waals surface area contributed by atoms with Gasteiger partial charge < -0.3 is 14.5 Å². The molecule has 2 heterocycles. The molecule has 0 radical (unpaired) electrons. The van der Waals surface area contributed by atoms with Gasteiger partial charge in [0, 0.05) is 37.4 Å². The summed E-state index contributed by atoms with van der Waals surface area (Å²) >= 11 is 0. The third-order valence-corrected chi connectivity index (χ3v) is 7.74. The molecule has 0 aromatic heterocycles. The molecular weight excluding hydrogens is 412 g/mol. The molecule has 0 bridgehead atoms. The van der Waals surface area contributed by atoms with Gasteiger partial charge in [-0.1, -0.05) is 36.4 Å². The highest BCUT2D eigenvalue weighted by atomic mass is 16.5. The lowest BCUT2D eigenvalue weighted by Gasteiger charge is -2.39. The highest BCUT2D eigenvalue weighted by Crippen LogP contribution is 2.44. The first-order valence-electron chi connectivity index (χ1n) is 12.3.